The highest BCUT2D eigenvalue weighted by Gasteiger charge is 2.25. The van der Waals surface area contributed by atoms with Gasteiger partial charge in [-0.1, -0.05) is 29.3 Å². The molecule has 0 bridgehead atoms. The molecule has 1 fully saturated rings. The average Bonchev–Trinajstić information content (AvgIpc) is 3.11. The molecular weight excluding hydrogens is 375 g/mol. The molecule has 3 aromatic rings. The van der Waals surface area contributed by atoms with Gasteiger partial charge in [0.05, 0.1) is 15.6 Å². The number of nitrogens with zero attached hydrogens (tertiary/aromatic N) is 6. The van der Waals surface area contributed by atoms with Crippen LogP contribution in [0.2, 0.25) is 10.0 Å². The zero-order chi connectivity index (χ0) is 18.3. The van der Waals surface area contributed by atoms with Crippen LogP contribution in [0.4, 0.5) is 5.82 Å². The number of carbonyl (C=O) groups excluding carboxylic acids is 1. The molecule has 1 aliphatic heterocycles. The van der Waals surface area contributed by atoms with Gasteiger partial charge >= 0.3 is 0 Å². The third kappa shape index (κ3) is 2.97. The average molecular weight is 391 g/mol. The predicted molar refractivity (Wildman–Crippen MR) is 100 cm³/mol. The fourth-order valence-electron chi connectivity index (χ4n) is 3.11. The quantitative estimate of drug-likeness (QED) is 0.672. The first-order valence-corrected chi connectivity index (χ1v) is 8.96. The van der Waals surface area contributed by atoms with Crippen LogP contribution in [0.25, 0.3) is 5.78 Å². The maximum Gasteiger partial charge on any atom is 0.255 e. The molecule has 0 radical (unpaired) electrons. The summed E-state index contributed by atoms with van der Waals surface area (Å²) in [5, 5.41) is 4.93. The lowest BCUT2D eigenvalue weighted by molar-refractivity contribution is 0.0746. The monoisotopic (exact) mass is 390 g/mol. The minimum atomic E-state index is -0.103. The lowest BCUT2D eigenvalue weighted by Crippen LogP contribution is -2.49. The molecule has 0 N–H and O–H groups in total. The molecule has 2 aromatic heterocycles. The Morgan fingerprint density at radius 3 is 2.69 bits per heavy atom. The number of carbonyl (C=O) groups is 1. The van der Waals surface area contributed by atoms with E-state index >= 15 is 0 Å². The number of benzene rings is 1. The van der Waals surface area contributed by atoms with E-state index in [4.69, 9.17) is 23.2 Å². The standard InChI is InChI=1S/C17H16Cl2N6O/c1-11-9-14(25-17(22-11)20-10-21-25)23-5-7-24(8-6-23)16(26)12-3-2-4-13(18)15(12)19/h2-4,9-10H,5-8H2,1H3. The van der Waals surface area contributed by atoms with Crippen LogP contribution in [0.1, 0.15) is 16.1 Å². The summed E-state index contributed by atoms with van der Waals surface area (Å²) in [5.41, 5.74) is 1.32. The predicted octanol–water partition coefficient (Wildman–Crippen LogP) is 2.70. The molecule has 0 atom stereocenters. The fraction of sp³-hybridized carbons (Fsp3) is 0.294. The second-order valence-electron chi connectivity index (χ2n) is 6.11. The van der Waals surface area contributed by atoms with Crippen LogP contribution >= 0.6 is 23.2 Å². The van der Waals surface area contributed by atoms with Crippen molar-refractivity contribution in [2.75, 3.05) is 31.1 Å². The molecule has 0 unspecified atom stereocenters. The van der Waals surface area contributed by atoms with Gasteiger partial charge in [0.2, 0.25) is 0 Å². The van der Waals surface area contributed by atoms with Gasteiger partial charge in [0.15, 0.2) is 0 Å². The molecule has 0 spiro atoms. The molecule has 134 valence electrons. The van der Waals surface area contributed by atoms with Gasteiger partial charge in [-0.05, 0) is 19.1 Å². The Kier molecular flexibility index (Phi) is 4.42. The van der Waals surface area contributed by atoms with Gasteiger partial charge in [-0.15, -0.1) is 0 Å². The first-order valence-electron chi connectivity index (χ1n) is 8.20. The van der Waals surface area contributed by atoms with Gasteiger partial charge in [-0.2, -0.15) is 14.6 Å². The summed E-state index contributed by atoms with van der Waals surface area (Å²) >= 11 is 12.2. The third-order valence-electron chi connectivity index (χ3n) is 4.43. The van der Waals surface area contributed by atoms with E-state index in [0.717, 1.165) is 11.5 Å². The summed E-state index contributed by atoms with van der Waals surface area (Å²) in [6, 6.07) is 7.09. The number of piperazine rings is 1. The number of hydrogen-bond donors (Lipinski definition) is 0. The molecule has 1 aromatic carbocycles. The van der Waals surface area contributed by atoms with E-state index in [0.29, 0.717) is 47.6 Å². The Balaban J connectivity index is 1.53. The number of hydrogen-bond acceptors (Lipinski definition) is 5. The molecule has 26 heavy (non-hydrogen) atoms. The zero-order valence-corrected chi connectivity index (χ0v) is 15.6. The summed E-state index contributed by atoms with van der Waals surface area (Å²) in [6.45, 7) is 4.46. The number of rotatable bonds is 2. The van der Waals surface area contributed by atoms with Gasteiger partial charge in [0, 0.05) is 37.9 Å². The highest BCUT2D eigenvalue weighted by Crippen LogP contribution is 2.27. The summed E-state index contributed by atoms with van der Waals surface area (Å²) in [7, 11) is 0. The maximum absolute atomic E-state index is 12.8. The topological polar surface area (TPSA) is 66.6 Å². The van der Waals surface area contributed by atoms with E-state index in [9.17, 15) is 4.79 Å². The molecule has 1 amide bonds. The summed E-state index contributed by atoms with van der Waals surface area (Å²) in [6.07, 6.45) is 1.49. The van der Waals surface area contributed by atoms with Crippen LogP contribution in [0, 0.1) is 6.92 Å². The highest BCUT2D eigenvalue weighted by atomic mass is 35.5. The molecule has 1 saturated heterocycles. The first-order chi connectivity index (χ1) is 12.5. The minimum Gasteiger partial charge on any atom is -0.353 e. The minimum absolute atomic E-state index is 0.103. The van der Waals surface area contributed by atoms with Crippen LogP contribution in [0.3, 0.4) is 0 Å². The highest BCUT2D eigenvalue weighted by molar-refractivity contribution is 6.43. The van der Waals surface area contributed by atoms with E-state index in [1.54, 1.807) is 27.6 Å². The van der Waals surface area contributed by atoms with Crippen molar-refractivity contribution in [1.29, 1.82) is 0 Å². The van der Waals surface area contributed by atoms with E-state index in [-0.39, 0.29) is 5.91 Å². The van der Waals surface area contributed by atoms with Crippen molar-refractivity contribution in [2.45, 2.75) is 6.92 Å². The van der Waals surface area contributed by atoms with Crippen LogP contribution in [0.5, 0.6) is 0 Å². The summed E-state index contributed by atoms with van der Waals surface area (Å²) in [4.78, 5) is 25.3. The number of halogens is 2. The van der Waals surface area contributed by atoms with Crippen molar-refractivity contribution in [3.63, 3.8) is 0 Å². The molecular formula is C17H16Cl2N6O. The number of fused-ring (bicyclic) bond motifs is 1. The molecule has 4 rings (SSSR count). The van der Waals surface area contributed by atoms with E-state index in [1.165, 1.54) is 6.33 Å². The number of amides is 1. The Labute approximate surface area is 160 Å². The second-order valence-corrected chi connectivity index (χ2v) is 6.89. The normalized spacial score (nSPS) is 14.9. The smallest absolute Gasteiger partial charge is 0.255 e. The van der Waals surface area contributed by atoms with Crippen molar-refractivity contribution in [1.82, 2.24) is 24.5 Å². The van der Waals surface area contributed by atoms with Gasteiger partial charge in [-0.25, -0.2) is 4.98 Å². The van der Waals surface area contributed by atoms with Crippen molar-refractivity contribution in [2.24, 2.45) is 0 Å². The molecule has 0 saturated carbocycles. The number of anilines is 1. The first kappa shape index (κ1) is 17.1. The van der Waals surface area contributed by atoms with Crippen LogP contribution < -0.4 is 4.90 Å². The van der Waals surface area contributed by atoms with Crippen LogP contribution in [-0.4, -0.2) is 56.6 Å². The zero-order valence-electron chi connectivity index (χ0n) is 14.1. The molecule has 0 aliphatic carbocycles. The molecule has 1 aliphatic rings. The Bertz CT molecular complexity index is 981. The van der Waals surface area contributed by atoms with Crippen LogP contribution in [0.15, 0.2) is 30.6 Å². The van der Waals surface area contributed by atoms with Gasteiger partial charge in [0.1, 0.15) is 12.1 Å². The van der Waals surface area contributed by atoms with E-state index < -0.39 is 0 Å². The lowest BCUT2D eigenvalue weighted by Gasteiger charge is -2.36. The van der Waals surface area contributed by atoms with Crippen LogP contribution in [-0.2, 0) is 0 Å². The summed E-state index contributed by atoms with van der Waals surface area (Å²) < 4.78 is 1.72. The van der Waals surface area contributed by atoms with Gasteiger partial charge < -0.3 is 9.80 Å². The Morgan fingerprint density at radius 2 is 1.92 bits per heavy atom. The Hall–Kier alpha value is -2.38. The largest absolute Gasteiger partial charge is 0.353 e. The van der Waals surface area contributed by atoms with Gasteiger partial charge in [0.25, 0.3) is 11.7 Å². The van der Waals surface area contributed by atoms with Crippen molar-refractivity contribution in [3.8, 4) is 0 Å². The number of aryl methyl sites for hydroxylation is 1. The van der Waals surface area contributed by atoms with E-state index in [2.05, 4.69) is 20.0 Å². The van der Waals surface area contributed by atoms with Crippen molar-refractivity contribution < 1.29 is 4.79 Å². The molecule has 3 heterocycles. The lowest BCUT2D eigenvalue weighted by atomic mass is 10.1. The maximum atomic E-state index is 12.8. The second kappa shape index (κ2) is 6.74. The molecule has 7 nitrogen and oxygen atoms in total. The Morgan fingerprint density at radius 1 is 1.15 bits per heavy atom. The molecule has 9 heteroatoms. The van der Waals surface area contributed by atoms with E-state index in [1.807, 2.05) is 13.0 Å². The SMILES string of the molecule is Cc1cc(N2CCN(C(=O)c3cccc(Cl)c3Cl)CC2)n2ncnc2n1. The number of aromatic nitrogens is 4. The third-order valence-corrected chi connectivity index (χ3v) is 5.25. The van der Waals surface area contributed by atoms with Crippen molar-refractivity contribution >= 4 is 40.7 Å². The van der Waals surface area contributed by atoms with Gasteiger partial charge in [-0.3, -0.25) is 4.79 Å². The summed E-state index contributed by atoms with van der Waals surface area (Å²) in [5.74, 6) is 1.40. The van der Waals surface area contributed by atoms with Crippen molar-refractivity contribution in [3.05, 3.63) is 51.9 Å². The fourth-order valence-corrected chi connectivity index (χ4v) is 3.50.